The van der Waals surface area contributed by atoms with E-state index in [-0.39, 0.29) is 11.7 Å². The number of nitrogen functional groups attached to an aromatic ring is 1. The average Bonchev–Trinajstić information content (AvgIpc) is 2.54. The van der Waals surface area contributed by atoms with Crippen LogP contribution >= 0.6 is 11.3 Å². The number of anilines is 1. The summed E-state index contributed by atoms with van der Waals surface area (Å²) in [6.07, 6.45) is 0. The summed E-state index contributed by atoms with van der Waals surface area (Å²) in [4.78, 5) is 0. The first kappa shape index (κ1) is 11.9. The van der Waals surface area contributed by atoms with Crippen molar-refractivity contribution in [3.63, 3.8) is 0 Å². The second-order valence-corrected chi connectivity index (χ2v) is 5.45. The molecule has 2 N–H and O–H groups in total. The van der Waals surface area contributed by atoms with Crippen LogP contribution < -0.4 is 5.73 Å². The minimum Gasteiger partial charge on any atom is -0.389 e. The second-order valence-electron chi connectivity index (χ2n) is 4.40. The molecule has 0 bridgehead atoms. The number of hydrogen-bond acceptors (Lipinski definition) is 3. The van der Waals surface area contributed by atoms with Crippen LogP contribution in [0.5, 0.6) is 0 Å². The molecule has 0 aliphatic carbocycles. The van der Waals surface area contributed by atoms with E-state index in [1.165, 1.54) is 6.07 Å². The topological polar surface area (TPSA) is 49.8 Å². The van der Waals surface area contributed by atoms with Crippen molar-refractivity contribution in [1.82, 2.24) is 0 Å². The fourth-order valence-corrected chi connectivity index (χ4v) is 3.20. The minimum atomic E-state index is -0.292. The normalized spacial score (nSPS) is 11.1. The maximum atomic E-state index is 13.9. The number of halogens is 1. The van der Waals surface area contributed by atoms with Crippen LogP contribution in [-0.2, 0) is 0 Å². The van der Waals surface area contributed by atoms with Gasteiger partial charge in [0.2, 0.25) is 0 Å². The van der Waals surface area contributed by atoms with E-state index in [4.69, 9.17) is 11.0 Å². The highest BCUT2D eigenvalue weighted by Gasteiger charge is 2.20. The first-order valence-corrected chi connectivity index (χ1v) is 6.20. The fraction of sp³-hybridized carbons (Fsp3) is 0.308. The molecular weight excluding hydrogens is 235 g/mol. The summed E-state index contributed by atoms with van der Waals surface area (Å²) in [5, 5.41) is 10.2. The van der Waals surface area contributed by atoms with Crippen LogP contribution in [0.3, 0.4) is 0 Å². The van der Waals surface area contributed by atoms with Gasteiger partial charge < -0.3 is 5.73 Å². The Balaban J connectivity index is 3.03. The molecule has 4 heteroatoms. The maximum Gasteiger partial charge on any atom is 0.141 e. The Morgan fingerprint density at radius 1 is 1.47 bits per heavy atom. The molecule has 0 fully saturated rings. The molecule has 1 heterocycles. The lowest BCUT2D eigenvalue weighted by molar-refractivity contribution is 0.639. The van der Waals surface area contributed by atoms with Gasteiger partial charge in [0.25, 0.3) is 0 Å². The van der Waals surface area contributed by atoms with Gasteiger partial charge in [-0.05, 0) is 30.0 Å². The lowest BCUT2D eigenvalue weighted by atomic mass is 9.92. The van der Waals surface area contributed by atoms with E-state index in [0.29, 0.717) is 20.7 Å². The van der Waals surface area contributed by atoms with E-state index in [2.05, 4.69) is 6.07 Å². The quantitative estimate of drug-likeness (QED) is 0.831. The largest absolute Gasteiger partial charge is 0.389 e. The molecule has 0 spiro atoms. The molecule has 17 heavy (non-hydrogen) atoms. The highest BCUT2D eigenvalue weighted by molar-refractivity contribution is 7.23. The summed E-state index contributed by atoms with van der Waals surface area (Å²) in [7, 11) is 0. The number of rotatable bonds is 1. The molecule has 0 amide bonds. The molecule has 2 nitrogen and oxygen atoms in total. The number of hydrogen-bond donors (Lipinski definition) is 1. The first-order chi connectivity index (χ1) is 7.97. The van der Waals surface area contributed by atoms with E-state index < -0.39 is 0 Å². The predicted octanol–water partition coefficient (Wildman–Crippen LogP) is 3.93. The van der Waals surface area contributed by atoms with Crippen molar-refractivity contribution in [2.75, 3.05) is 5.73 Å². The summed E-state index contributed by atoms with van der Waals surface area (Å²) >= 11 is 1.15. The Morgan fingerprint density at radius 2 is 2.12 bits per heavy atom. The van der Waals surface area contributed by atoms with Gasteiger partial charge in [0.05, 0.1) is 10.3 Å². The number of aryl methyl sites for hydroxylation is 1. The third-order valence-corrected chi connectivity index (χ3v) is 3.91. The Kier molecular flexibility index (Phi) is 2.80. The van der Waals surface area contributed by atoms with E-state index in [1.807, 2.05) is 20.8 Å². The fourth-order valence-electron chi connectivity index (χ4n) is 2.26. The molecule has 0 atom stereocenters. The molecule has 2 aromatic rings. The van der Waals surface area contributed by atoms with Crippen molar-refractivity contribution in [3.8, 4) is 6.07 Å². The summed E-state index contributed by atoms with van der Waals surface area (Å²) in [6, 6.07) is 3.61. The summed E-state index contributed by atoms with van der Waals surface area (Å²) in [6.45, 7) is 5.94. The number of thiophene rings is 1. The third-order valence-electron chi connectivity index (χ3n) is 2.88. The van der Waals surface area contributed by atoms with E-state index >= 15 is 0 Å². The maximum absolute atomic E-state index is 13.9. The van der Waals surface area contributed by atoms with Crippen molar-refractivity contribution in [3.05, 3.63) is 28.6 Å². The molecule has 0 unspecified atom stereocenters. The predicted molar refractivity (Wildman–Crippen MR) is 69.7 cm³/mol. The van der Waals surface area contributed by atoms with E-state index in [1.54, 1.807) is 0 Å². The van der Waals surface area contributed by atoms with Crippen LogP contribution in [0.25, 0.3) is 10.1 Å². The number of fused-ring (bicyclic) bond motifs is 1. The molecule has 88 valence electrons. The zero-order valence-electron chi connectivity index (χ0n) is 9.97. The highest BCUT2D eigenvalue weighted by Crippen LogP contribution is 2.40. The van der Waals surface area contributed by atoms with Crippen molar-refractivity contribution >= 4 is 26.4 Å². The Hall–Kier alpha value is -1.60. The standard InChI is InChI=1S/C13H13FN2S/c1-6(2)10-7(3)4-9(14)12-11(10)8(5-15)13(16)17-12/h4,6H,16H2,1-3H3. The second kappa shape index (κ2) is 4.01. The molecular formula is C13H13FN2S. The van der Waals surface area contributed by atoms with Gasteiger partial charge in [-0.3, -0.25) is 0 Å². The van der Waals surface area contributed by atoms with Gasteiger partial charge in [0, 0.05) is 5.39 Å². The molecule has 2 rings (SSSR count). The van der Waals surface area contributed by atoms with Crippen LogP contribution in [0.2, 0.25) is 0 Å². The van der Waals surface area contributed by atoms with Gasteiger partial charge in [0.1, 0.15) is 16.9 Å². The summed E-state index contributed by atoms with van der Waals surface area (Å²) < 4.78 is 14.4. The van der Waals surface area contributed by atoms with Gasteiger partial charge in [0.15, 0.2) is 0 Å². The molecule has 0 aliphatic rings. The number of nitrogens with two attached hydrogens (primary N) is 1. The monoisotopic (exact) mass is 248 g/mol. The van der Waals surface area contributed by atoms with E-state index in [0.717, 1.165) is 22.5 Å². The SMILES string of the molecule is Cc1cc(F)c2sc(N)c(C#N)c2c1C(C)C. The van der Waals surface area contributed by atoms with Crippen LogP contribution in [0.4, 0.5) is 9.39 Å². The van der Waals surface area contributed by atoms with Crippen molar-refractivity contribution in [2.45, 2.75) is 26.7 Å². The van der Waals surface area contributed by atoms with Gasteiger partial charge in [-0.15, -0.1) is 11.3 Å². The average molecular weight is 248 g/mol. The van der Waals surface area contributed by atoms with Gasteiger partial charge >= 0.3 is 0 Å². The molecule has 0 aliphatic heterocycles. The lowest BCUT2D eigenvalue weighted by Gasteiger charge is -2.12. The first-order valence-electron chi connectivity index (χ1n) is 5.38. The number of nitriles is 1. The molecule has 0 saturated carbocycles. The van der Waals surface area contributed by atoms with Crippen LogP contribution in [0, 0.1) is 24.1 Å². The zero-order chi connectivity index (χ0) is 12.7. The van der Waals surface area contributed by atoms with Crippen LogP contribution in [0.15, 0.2) is 6.07 Å². The lowest BCUT2D eigenvalue weighted by Crippen LogP contribution is -1.96. The summed E-state index contributed by atoms with van der Waals surface area (Å²) in [5.41, 5.74) is 8.09. The van der Waals surface area contributed by atoms with Crippen LogP contribution in [0.1, 0.15) is 36.5 Å². The van der Waals surface area contributed by atoms with Gasteiger partial charge in [-0.1, -0.05) is 13.8 Å². The van der Waals surface area contributed by atoms with Gasteiger partial charge in [-0.25, -0.2) is 4.39 Å². The third kappa shape index (κ3) is 1.67. The zero-order valence-corrected chi connectivity index (χ0v) is 10.8. The van der Waals surface area contributed by atoms with Gasteiger partial charge in [-0.2, -0.15) is 5.26 Å². The molecule has 0 saturated heterocycles. The van der Waals surface area contributed by atoms with Crippen molar-refractivity contribution < 1.29 is 4.39 Å². The number of nitrogens with zero attached hydrogens (tertiary/aromatic N) is 1. The molecule has 0 radical (unpaired) electrons. The Labute approximate surface area is 103 Å². The van der Waals surface area contributed by atoms with E-state index in [9.17, 15) is 4.39 Å². The van der Waals surface area contributed by atoms with Crippen LogP contribution in [-0.4, -0.2) is 0 Å². The Morgan fingerprint density at radius 3 is 2.65 bits per heavy atom. The van der Waals surface area contributed by atoms with Crippen molar-refractivity contribution in [2.24, 2.45) is 0 Å². The molecule has 1 aromatic heterocycles. The molecule has 1 aromatic carbocycles. The van der Waals surface area contributed by atoms with Crippen molar-refractivity contribution in [1.29, 1.82) is 5.26 Å². The summed E-state index contributed by atoms with van der Waals surface area (Å²) in [5.74, 6) is -0.0562. The minimum absolute atomic E-state index is 0.235. The Bertz CT molecular complexity index is 635. The smallest absolute Gasteiger partial charge is 0.141 e. The highest BCUT2D eigenvalue weighted by atomic mass is 32.1. The number of benzene rings is 1.